The first-order valence-corrected chi connectivity index (χ1v) is 11.8. The molecule has 1 N–H and O–H groups in total. The highest BCUT2D eigenvalue weighted by molar-refractivity contribution is 7.89. The molecule has 0 spiro atoms. The summed E-state index contributed by atoms with van der Waals surface area (Å²) in [5.74, 6) is 0.583. The van der Waals surface area contributed by atoms with Gasteiger partial charge >= 0.3 is 0 Å². The van der Waals surface area contributed by atoms with E-state index in [0.29, 0.717) is 44.9 Å². The molecular formula is C22H27N3O5S. The van der Waals surface area contributed by atoms with Crippen molar-refractivity contribution in [1.82, 2.24) is 4.31 Å². The van der Waals surface area contributed by atoms with E-state index in [9.17, 15) is 13.2 Å². The molecule has 0 radical (unpaired) electrons. The van der Waals surface area contributed by atoms with Crippen LogP contribution in [0.4, 0.5) is 11.4 Å². The Morgan fingerprint density at radius 3 is 2.42 bits per heavy atom. The molecule has 2 saturated heterocycles. The molecule has 2 heterocycles. The highest BCUT2D eigenvalue weighted by atomic mass is 32.2. The normalized spacial score (nSPS) is 19.9. The fourth-order valence-corrected chi connectivity index (χ4v) is 5.35. The first kappa shape index (κ1) is 21.6. The number of hydrogen-bond acceptors (Lipinski definition) is 6. The van der Waals surface area contributed by atoms with Crippen LogP contribution in [0.15, 0.2) is 53.4 Å². The number of rotatable bonds is 6. The molecule has 4 rings (SSSR count). The van der Waals surface area contributed by atoms with E-state index in [1.54, 1.807) is 19.2 Å². The van der Waals surface area contributed by atoms with Crippen LogP contribution >= 0.6 is 0 Å². The number of methoxy groups -OCH3 is 1. The monoisotopic (exact) mass is 445 g/mol. The van der Waals surface area contributed by atoms with Gasteiger partial charge in [-0.05, 0) is 49.2 Å². The third-order valence-corrected chi connectivity index (χ3v) is 7.56. The third kappa shape index (κ3) is 4.68. The number of anilines is 2. The Kier molecular flexibility index (Phi) is 6.45. The van der Waals surface area contributed by atoms with Crippen molar-refractivity contribution in [3.8, 4) is 5.75 Å². The molecule has 31 heavy (non-hydrogen) atoms. The summed E-state index contributed by atoms with van der Waals surface area (Å²) in [4.78, 5) is 14.5. The van der Waals surface area contributed by atoms with Gasteiger partial charge < -0.3 is 19.7 Å². The van der Waals surface area contributed by atoms with Gasteiger partial charge in [-0.2, -0.15) is 4.31 Å². The van der Waals surface area contributed by atoms with Crippen LogP contribution in [0.2, 0.25) is 0 Å². The molecule has 2 fully saturated rings. The first-order chi connectivity index (χ1) is 15.0. The van der Waals surface area contributed by atoms with Crippen molar-refractivity contribution in [3.05, 3.63) is 48.5 Å². The Morgan fingerprint density at radius 1 is 1.06 bits per heavy atom. The van der Waals surface area contributed by atoms with Crippen molar-refractivity contribution in [2.75, 3.05) is 50.1 Å². The lowest BCUT2D eigenvalue weighted by molar-refractivity contribution is -0.124. The Morgan fingerprint density at radius 2 is 1.77 bits per heavy atom. The second-order valence-electron chi connectivity index (χ2n) is 7.58. The number of para-hydroxylation sites is 2. The summed E-state index contributed by atoms with van der Waals surface area (Å²) in [6.45, 7) is 2.53. The van der Waals surface area contributed by atoms with Gasteiger partial charge in [0.15, 0.2) is 0 Å². The number of hydrogen-bond donors (Lipinski definition) is 1. The summed E-state index contributed by atoms with van der Waals surface area (Å²) < 4.78 is 38.4. The maximum absolute atomic E-state index is 13.1. The second-order valence-corrected chi connectivity index (χ2v) is 9.52. The maximum Gasteiger partial charge on any atom is 0.253 e. The SMILES string of the molecule is COc1ccccc1N1CCN(S(=O)(=O)c2ccc(NC(=O)[C@H]3CCCO3)cc2)CC1. The molecule has 0 saturated carbocycles. The van der Waals surface area contributed by atoms with Crippen LogP contribution in [-0.4, -0.2) is 64.6 Å². The van der Waals surface area contributed by atoms with Crippen LogP contribution in [0.5, 0.6) is 5.75 Å². The number of nitrogens with one attached hydrogen (secondary N) is 1. The van der Waals surface area contributed by atoms with E-state index in [0.717, 1.165) is 17.9 Å². The van der Waals surface area contributed by atoms with Crippen LogP contribution in [-0.2, 0) is 19.6 Å². The van der Waals surface area contributed by atoms with E-state index in [1.807, 2.05) is 24.3 Å². The van der Waals surface area contributed by atoms with Crippen LogP contribution in [0, 0.1) is 0 Å². The highest BCUT2D eigenvalue weighted by Gasteiger charge is 2.29. The molecule has 1 amide bonds. The number of nitrogens with zero attached hydrogens (tertiary/aromatic N) is 2. The van der Waals surface area contributed by atoms with Gasteiger partial charge in [-0.25, -0.2) is 8.42 Å². The summed E-state index contributed by atoms with van der Waals surface area (Å²) in [5, 5.41) is 2.79. The molecular weight excluding hydrogens is 418 g/mol. The first-order valence-electron chi connectivity index (χ1n) is 10.4. The van der Waals surface area contributed by atoms with Gasteiger partial charge in [-0.3, -0.25) is 4.79 Å². The number of carbonyl (C=O) groups is 1. The molecule has 8 nitrogen and oxygen atoms in total. The maximum atomic E-state index is 13.1. The van der Waals surface area contributed by atoms with Gasteiger partial charge in [0.2, 0.25) is 10.0 Å². The summed E-state index contributed by atoms with van der Waals surface area (Å²) >= 11 is 0. The fourth-order valence-electron chi connectivity index (χ4n) is 3.93. The molecule has 0 unspecified atom stereocenters. The molecule has 9 heteroatoms. The van der Waals surface area contributed by atoms with Crippen molar-refractivity contribution in [3.63, 3.8) is 0 Å². The second kappa shape index (κ2) is 9.25. The van der Waals surface area contributed by atoms with E-state index in [1.165, 1.54) is 16.4 Å². The van der Waals surface area contributed by atoms with Crippen molar-refractivity contribution < 1.29 is 22.7 Å². The Labute approximate surface area is 182 Å². The summed E-state index contributed by atoms with van der Waals surface area (Å²) in [6.07, 6.45) is 1.15. The van der Waals surface area contributed by atoms with Crippen molar-refractivity contribution in [2.24, 2.45) is 0 Å². The number of amides is 1. The predicted molar refractivity (Wildman–Crippen MR) is 118 cm³/mol. The minimum absolute atomic E-state index is 0.194. The van der Waals surface area contributed by atoms with E-state index >= 15 is 0 Å². The van der Waals surface area contributed by atoms with E-state index in [-0.39, 0.29) is 10.8 Å². The highest BCUT2D eigenvalue weighted by Crippen LogP contribution is 2.29. The minimum Gasteiger partial charge on any atom is -0.495 e. The average Bonchev–Trinajstić information content (AvgIpc) is 3.35. The zero-order valence-electron chi connectivity index (χ0n) is 17.5. The zero-order chi connectivity index (χ0) is 21.8. The lowest BCUT2D eigenvalue weighted by atomic mass is 10.2. The number of sulfonamides is 1. The van der Waals surface area contributed by atoms with Crippen molar-refractivity contribution in [1.29, 1.82) is 0 Å². The van der Waals surface area contributed by atoms with Gasteiger partial charge in [-0.1, -0.05) is 12.1 Å². The fraction of sp³-hybridized carbons (Fsp3) is 0.409. The lowest BCUT2D eigenvalue weighted by Gasteiger charge is -2.35. The third-order valence-electron chi connectivity index (χ3n) is 5.65. The molecule has 2 aromatic rings. The average molecular weight is 446 g/mol. The molecule has 0 aliphatic carbocycles. The summed E-state index contributed by atoms with van der Waals surface area (Å²) in [7, 11) is -1.97. The summed E-state index contributed by atoms with van der Waals surface area (Å²) in [6, 6.07) is 14.0. The van der Waals surface area contributed by atoms with Crippen LogP contribution in [0.25, 0.3) is 0 Å². The zero-order valence-corrected chi connectivity index (χ0v) is 18.3. The largest absolute Gasteiger partial charge is 0.495 e. The Balaban J connectivity index is 1.39. The smallest absolute Gasteiger partial charge is 0.253 e. The van der Waals surface area contributed by atoms with Crippen LogP contribution < -0.4 is 15.0 Å². The van der Waals surface area contributed by atoms with Gasteiger partial charge in [0.25, 0.3) is 5.91 Å². The topological polar surface area (TPSA) is 88.2 Å². The summed E-state index contributed by atoms with van der Waals surface area (Å²) in [5.41, 5.74) is 1.52. The standard InChI is InChI=1S/C22H27N3O5S/c1-29-20-6-3-2-5-19(20)24-12-14-25(15-13-24)31(27,28)18-10-8-17(9-11-18)23-22(26)21-7-4-16-30-21/h2-3,5-6,8-11,21H,4,7,12-16H2,1H3,(H,23,26)/t21-/m1/s1. The number of benzene rings is 2. The molecule has 2 aromatic carbocycles. The molecule has 0 bridgehead atoms. The van der Waals surface area contributed by atoms with Gasteiger partial charge in [0.05, 0.1) is 17.7 Å². The minimum atomic E-state index is -3.61. The Bertz CT molecular complexity index is 1010. The van der Waals surface area contributed by atoms with Crippen molar-refractivity contribution >= 4 is 27.3 Å². The van der Waals surface area contributed by atoms with E-state index in [4.69, 9.17) is 9.47 Å². The quantitative estimate of drug-likeness (QED) is 0.734. The van der Waals surface area contributed by atoms with Crippen LogP contribution in [0.3, 0.4) is 0 Å². The molecule has 166 valence electrons. The number of ether oxygens (including phenoxy) is 2. The Hall–Kier alpha value is -2.62. The van der Waals surface area contributed by atoms with Gasteiger partial charge in [0.1, 0.15) is 11.9 Å². The molecule has 0 aromatic heterocycles. The van der Waals surface area contributed by atoms with Gasteiger partial charge in [-0.15, -0.1) is 0 Å². The lowest BCUT2D eigenvalue weighted by Crippen LogP contribution is -2.48. The molecule has 1 atom stereocenters. The van der Waals surface area contributed by atoms with Crippen molar-refractivity contribution in [2.45, 2.75) is 23.8 Å². The number of piperazine rings is 1. The van der Waals surface area contributed by atoms with E-state index < -0.39 is 16.1 Å². The number of carbonyl (C=O) groups excluding carboxylic acids is 1. The van der Waals surface area contributed by atoms with Gasteiger partial charge in [0, 0.05) is 38.5 Å². The predicted octanol–water partition coefficient (Wildman–Crippen LogP) is 2.32. The molecule has 2 aliphatic heterocycles. The van der Waals surface area contributed by atoms with E-state index in [2.05, 4.69) is 10.2 Å². The molecule has 2 aliphatic rings. The van der Waals surface area contributed by atoms with Crippen LogP contribution in [0.1, 0.15) is 12.8 Å².